The molecule has 0 unspecified atom stereocenters. The summed E-state index contributed by atoms with van der Waals surface area (Å²) in [6, 6.07) is 0. The van der Waals surface area contributed by atoms with E-state index >= 15 is 0 Å². The minimum Gasteiger partial charge on any atom is -0.306 e. The number of rotatable bonds is 2. The lowest BCUT2D eigenvalue weighted by molar-refractivity contribution is 0.479. The molecule has 2 heteroatoms. The molecule has 0 aromatic rings. The van der Waals surface area contributed by atoms with Gasteiger partial charge in [0.2, 0.25) is 0 Å². The zero-order chi connectivity index (χ0) is 6.78. The first-order valence-electron chi connectivity index (χ1n) is 3.06. The molecule has 0 aromatic heterocycles. The zero-order valence-corrected chi connectivity index (χ0v) is 9.16. The fraction of sp³-hybridized carbons (Fsp3) is 1.00. The van der Waals surface area contributed by atoms with E-state index in [4.69, 9.17) is 0 Å². The van der Waals surface area contributed by atoms with Crippen LogP contribution in [0.4, 0.5) is 0 Å². The summed E-state index contributed by atoms with van der Waals surface area (Å²) in [5, 5.41) is 0. The molecule has 0 radical (unpaired) electrons. The highest BCUT2D eigenvalue weighted by Gasteiger charge is 2.22. The van der Waals surface area contributed by atoms with Crippen LogP contribution in [-0.4, -0.2) is 18.2 Å². The van der Waals surface area contributed by atoms with E-state index in [-0.39, 0.29) is 18.2 Å². The molecule has 0 aliphatic heterocycles. The van der Waals surface area contributed by atoms with Gasteiger partial charge in [0.15, 0.2) is 0 Å². The largest absolute Gasteiger partial charge is 0.474 e. The Morgan fingerprint density at radius 3 is 1.75 bits per heavy atom. The molecule has 0 N–H and O–H groups in total. The van der Waals surface area contributed by atoms with Crippen LogP contribution in [0.2, 0.25) is 3.54 Å². The van der Waals surface area contributed by atoms with Crippen LogP contribution in [0, 0.1) is 5.92 Å². The van der Waals surface area contributed by atoms with Crippen LogP contribution in [0.25, 0.3) is 0 Å². The molecular formula is C6H13BrMg. The minimum absolute atomic E-state index is 0.00694. The highest BCUT2D eigenvalue weighted by atomic mass is 79.9. The van der Waals surface area contributed by atoms with Crippen LogP contribution < -0.4 is 0 Å². The average Bonchev–Trinajstić information content (AvgIpc) is 1.67. The molecule has 0 aliphatic rings. The quantitative estimate of drug-likeness (QED) is 0.586. The predicted molar refractivity (Wildman–Crippen MR) is 43.6 cm³/mol. The van der Waals surface area contributed by atoms with Gasteiger partial charge in [-0.05, 0) is 0 Å². The van der Waals surface area contributed by atoms with Crippen LogP contribution in [-0.2, 0) is 0 Å². The van der Waals surface area contributed by atoms with Gasteiger partial charge >= 0.3 is 18.2 Å². The van der Waals surface area contributed by atoms with Crippen LogP contribution >= 0.6 is 12.9 Å². The summed E-state index contributed by atoms with van der Waals surface area (Å²) in [6.07, 6.45) is 0. The van der Waals surface area contributed by atoms with Crippen molar-refractivity contribution in [3.05, 3.63) is 0 Å². The number of halogens is 1. The van der Waals surface area contributed by atoms with Gasteiger partial charge in [-0.25, -0.2) is 0 Å². The molecule has 0 atom stereocenters. The van der Waals surface area contributed by atoms with E-state index in [0.29, 0.717) is 3.54 Å². The van der Waals surface area contributed by atoms with Crippen molar-refractivity contribution in [2.24, 2.45) is 5.92 Å². The summed E-state index contributed by atoms with van der Waals surface area (Å²) in [4.78, 5) is 0. The first kappa shape index (κ1) is 9.25. The Labute approximate surface area is 68.0 Å². The highest BCUT2D eigenvalue weighted by molar-refractivity contribution is 9.23. The molecule has 8 heavy (non-hydrogen) atoms. The topological polar surface area (TPSA) is 0 Å². The summed E-state index contributed by atoms with van der Waals surface area (Å²) < 4.78 is 0.597. The maximum atomic E-state index is 3.61. The van der Waals surface area contributed by atoms with Crippen molar-refractivity contribution >= 4 is 31.1 Å². The second-order valence-electron chi connectivity index (χ2n) is 3.28. The lowest BCUT2D eigenvalue weighted by atomic mass is 9.99. The Bertz CT molecular complexity index is 68.9. The van der Waals surface area contributed by atoms with Gasteiger partial charge in [-0.1, -0.05) is 33.6 Å². The van der Waals surface area contributed by atoms with Crippen molar-refractivity contribution in [1.82, 2.24) is 0 Å². The third-order valence-electron chi connectivity index (χ3n) is 1.91. The maximum absolute atomic E-state index is 3.61. The molecular weight excluding hydrogens is 176 g/mol. The van der Waals surface area contributed by atoms with Crippen molar-refractivity contribution < 1.29 is 0 Å². The first-order valence-corrected chi connectivity index (χ1v) is 7.67. The Kier molecular flexibility index (Phi) is 3.96. The molecule has 0 heterocycles. The molecule has 0 amide bonds. The number of hydrogen-bond donors (Lipinski definition) is 0. The molecule has 0 aliphatic carbocycles. The smallest absolute Gasteiger partial charge is 0.306 e. The third-order valence-corrected chi connectivity index (χ3v) is 7.75. The van der Waals surface area contributed by atoms with Gasteiger partial charge in [0, 0.05) is 0 Å². The van der Waals surface area contributed by atoms with Crippen molar-refractivity contribution in [3.63, 3.8) is 0 Å². The Morgan fingerprint density at radius 2 is 1.75 bits per heavy atom. The van der Waals surface area contributed by atoms with E-state index in [2.05, 4.69) is 40.6 Å². The van der Waals surface area contributed by atoms with E-state index in [1.165, 1.54) is 0 Å². The molecule has 46 valence electrons. The standard InChI is InChI=1S/C6H13.BrH.Mg/c1-5(2)6(3)4;;/h5H,1-4H3;1H;/q;;+1/p-1. The molecule has 0 saturated heterocycles. The lowest BCUT2D eigenvalue weighted by Crippen LogP contribution is -2.14. The van der Waals surface area contributed by atoms with Crippen molar-refractivity contribution in [1.29, 1.82) is 0 Å². The first-order chi connectivity index (χ1) is 3.50. The Balaban J connectivity index is 3.71. The normalized spacial score (nSPS) is 11.8. The fourth-order valence-corrected chi connectivity index (χ4v) is 2.41. The second-order valence-corrected chi connectivity index (χ2v) is 7.05. The molecule has 0 aromatic carbocycles. The predicted octanol–water partition coefficient (Wildman–Crippen LogP) is 2.86. The van der Waals surface area contributed by atoms with Gasteiger partial charge in [0.25, 0.3) is 0 Å². The van der Waals surface area contributed by atoms with Gasteiger partial charge in [-0.15, -0.1) is 3.54 Å². The van der Waals surface area contributed by atoms with Crippen molar-refractivity contribution in [2.75, 3.05) is 0 Å². The average molecular weight is 189 g/mol. The molecule has 0 bridgehead atoms. The minimum atomic E-state index is 0.00694. The Morgan fingerprint density at radius 1 is 1.38 bits per heavy atom. The SMILES string of the molecule is CC(C)[C](C)(C)[Mg][Br]. The van der Waals surface area contributed by atoms with E-state index < -0.39 is 0 Å². The third kappa shape index (κ3) is 2.69. The lowest BCUT2D eigenvalue weighted by Gasteiger charge is -2.26. The highest BCUT2D eigenvalue weighted by Crippen LogP contribution is 2.33. The summed E-state index contributed by atoms with van der Waals surface area (Å²) in [5.41, 5.74) is 0. The van der Waals surface area contributed by atoms with Crippen LogP contribution in [0.1, 0.15) is 27.7 Å². The molecule has 0 spiro atoms. The molecule has 0 saturated carbocycles. The van der Waals surface area contributed by atoms with E-state index in [1.54, 1.807) is 0 Å². The van der Waals surface area contributed by atoms with E-state index in [9.17, 15) is 0 Å². The van der Waals surface area contributed by atoms with Gasteiger partial charge in [0.05, 0.1) is 0 Å². The van der Waals surface area contributed by atoms with E-state index in [1.807, 2.05) is 0 Å². The zero-order valence-electron chi connectivity index (χ0n) is 6.16. The van der Waals surface area contributed by atoms with Crippen molar-refractivity contribution in [3.8, 4) is 0 Å². The summed E-state index contributed by atoms with van der Waals surface area (Å²) in [5.74, 6) is 0.827. The van der Waals surface area contributed by atoms with Crippen LogP contribution in [0.15, 0.2) is 0 Å². The molecule has 0 rings (SSSR count). The van der Waals surface area contributed by atoms with Crippen molar-refractivity contribution in [2.45, 2.75) is 31.2 Å². The molecule has 0 nitrogen and oxygen atoms in total. The van der Waals surface area contributed by atoms with Crippen LogP contribution in [0.3, 0.4) is 0 Å². The summed E-state index contributed by atoms with van der Waals surface area (Å²) >= 11 is 3.62. The monoisotopic (exact) mass is 188 g/mol. The maximum Gasteiger partial charge on any atom is 0.474 e. The van der Waals surface area contributed by atoms with Gasteiger partial charge in [-0.3, -0.25) is 0 Å². The molecule has 0 fully saturated rings. The summed E-state index contributed by atoms with van der Waals surface area (Å²) in [7, 11) is 0. The van der Waals surface area contributed by atoms with Gasteiger partial charge in [0.1, 0.15) is 0 Å². The fourth-order valence-electron chi connectivity index (χ4n) is 0.154. The number of hydrogen-bond acceptors (Lipinski definition) is 0. The summed E-state index contributed by atoms with van der Waals surface area (Å²) in [6.45, 7) is 9.24. The van der Waals surface area contributed by atoms with E-state index in [0.717, 1.165) is 5.92 Å². The second kappa shape index (κ2) is 3.42. The van der Waals surface area contributed by atoms with Gasteiger partial charge in [-0.2, -0.15) is 0 Å². The van der Waals surface area contributed by atoms with Crippen LogP contribution in [0.5, 0.6) is 0 Å². The van der Waals surface area contributed by atoms with Gasteiger partial charge < -0.3 is 12.9 Å². The Hall–Kier alpha value is 1.25.